The van der Waals surface area contributed by atoms with Crippen LogP contribution in [0.15, 0.2) is 52.9 Å². The molecule has 2 heterocycles. The quantitative estimate of drug-likeness (QED) is 0.768. The van der Waals surface area contributed by atoms with Gasteiger partial charge in [-0.25, -0.2) is 0 Å². The standard InChI is InChI=1S/C18H16ClNO3/c19-13-5-6-17(18(8-13)23-15-9-20-10-15)21-11-14-7-12-3-1-2-4-16(12)22-14/h1-8,15,20H,9-11H2. The minimum atomic E-state index is 0.169. The molecular formula is C18H16ClNO3. The van der Waals surface area contributed by atoms with Crippen molar-refractivity contribution >= 4 is 22.6 Å². The van der Waals surface area contributed by atoms with E-state index >= 15 is 0 Å². The summed E-state index contributed by atoms with van der Waals surface area (Å²) in [7, 11) is 0. The molecule has 0 spiro atoms. The molecule has 0 aliphatic carbocycles. The summed E-state index contributed by atoms with van der Waals surface area (Å²) in [5.41, 5.74) is 0.860. The Balaban J connectivity index is 1.51. The number of benzene rings is 2. The highest BCUT2D eigenvalue weighted by Gasteiger charge is 2.20. The van der Waals surface area contributed by atoms with Crippen molar-refractivity contribution in [2.24, 2.45) is 0 Å². The Morgan fingerprint density at radius 2 is 1.96 bits per heavy atom. The van der Waals surface area contributed by atoms with Gasteiger partial charge in [-0.2, -0.15) is 0 Å². The van der Waals surface area contributed by atoms with E-state index in [1.165, 1.54) is 0 Å². The smallest absolute Gasteiger partial charge is 0.163 e. The predicted octanol–water partition coefficient (Wildman–Crippen LogP) is 4.02. The van der Waals surface area contributed by atoms with Crippen molar-refractivity contribution in [3.05, 3.63) is 59.3 Å². The lowest BCUT2D eigenvalue weighted by Crippen LogP contribution is -2.50. The molecule has 1 fully saturated rings. The van der Waals surface area contributed by atoms with E-state index in [1.807, 2.05) is 36.4 Å². The van der Waals surface area contributed by atoms with Gasteiger partial charge in [0.25, 0.3) is 0 Å². The van der Waals surface area contributed by atoms with Crippen molar-refractivity contribution in [1.29, 1.82) is 0 Å². The van der Waals surface area contributed by atoms with Gasteiger partial charge in [-0.15, -0.1) is 0 Å². The lowest BCUT2D eigenvalue weighted by molar-refractivity contribution is 0.133. The van der Waals surface area contributed by atoms with Crippen LogP contribution < -0.4 is 14.8 Å². The average molecular weight is 330 g/mol. The van der Waals surface area contributed by atoms with Gasteiger partial charge >= 0.3 is 0 Å². The van der Waals surface area contributed by atoms with Gasteiger partial charge in [-0.05, 0) is 24.3 Å². The molecule has 23 heavy (non-hydrogen) atoms. The van der Waals surface area contributed by atoms with Crippen LogP contribution >= 0.6 is 11.6 Å². The first-order chi connectivity index (χ1) is 11.3. The van der Waals surface area contributed by atoms with Crippen LogP contribution in [0, 0.1) is 0 Å². The molecule has 0 saturated carbocycles. The number of fused-ring (bicyclic) bond motifs is 1. The van der Waals surface area contributed by atoms with E-state index in [9.17, 15) is 0 Å². The van der Waals surface area contributed by atoms with Crippen LogP contribution in [0.1, 0.15) is 5.76 Å². The second-order valence-corrected chi connectivity index (χ2v) is 5.96. The molecule has 0 amide bonds. The predicted molar refractivity (Wildman–Crippen MR) is 89.3 cm³/mol. The Bertz CT molecular complexity index is 793. The third-order valence-corrected chi connectivity index (χ3v) is 4.02. The minimum absolute atomic E-state index is 0.169. The van der Waals surface area contributed by atoms with E-state index in [0.29, 0.717) is 23.1 Å². The molecule has 4 rings (SSSR count). The van der Waals surface area contributed by atoms with Crippen molar-refractivity contribution in [2.75, 3.05) is 13.1 Å². The Kier molecular flexibility index (Phi) is 3.85. The van der Waals surface area contributed by atoms with Crippen molar-refractivity contribution in [3.8, 4) is 11.5 Å². The van der Waals surface area contributed by atoms with E-state index in [0.717, 1.165) is 29.8 Å². The number of ether oxygens (including phenoxy) is 2. The van der Waals surface area contributed by atoms with Crippen molar-refractivity contribution in [1.82, 2.24) is 5.32 Å². The summed E-state index contributed by atoms with van der Waals surface area (Å²) in [5, 5.41) is 4.87. The summed E-state index contributed by atoms with van der Waals surface area (Å²) in [6.45, 7) is 2.03. The van der Waals surface area contributed by atoms with Gasteiger partial charge in [0.1, 0.15) is 24.1 Å². The highest BCUT2D eigenvalue weighted by Crippen LogP contribution is 2.32. The topological polar surface area (TPSA) is 43.6 Å². The molecule has 5 heteroatoms. The maximum atomic E-state index is 6.06. The van der Waals surface area contributed by atoms with Crippen LogP contribution in [-0.2, 0) is 6.61 Å². The monoisotopic (exact) mass is 329 g/mol. The van der Waals surface area contributed by atoms with Crippen LogP contribution in [0.3, 0.4) is 0 Å². The van der Waals surface area contributed by atoms with Crippen molar-refractivity contribution in [2.45, 2.75) is 12.7 Å². The lowest BCUT2D eigenvalue weighted by Gasteiger charge is -2.28. The number of nitrogens with one attached hydrogen (secondary N) is 1. The van der Waals surface area contributed by atoms with Crippen LogP contribution in [0.4, 0.5) is 0 Å². The normalized spacial score (nSPS) is 14.7. The zero-order chi connectivity index (χ0) is 15.6. The molecule has 4 nitrogen and oxygen atoms in total. The van der Waals surface area contributed by atoms with Crippen molar-refractivity contribution < 1.29 is 13.9 Å². The van der Waals surface area contributed by atoms with Gasteiger partial charge in [-0.1, -0.05) is 29.8 Å². The summed E-state index contributed by atoms with van der Waals surface area (Å²) < 4.78 is 17.6. The number of hydrogen-bond donors (Lipinski definition) is 1. The van der Waals surface area contributed by atoms with E-state index in [4.69, 9.17) is 25.5 Å². The summed E-state index contributed by atoms with van der Waals surface area (Å²) in [4.78, 5) is 0. The number of halogens is 1. The molecule has 0 bridgehead atoms. The molecule has 1 N–H and O–H groups in total. The van der Waals surface area contributed by atoms with Gasteiger partial charge in [0.15, 0.2) is 11.5 Å². The molecular weight excluding hydrogens is 314 g/mol. The van der Waals surface area contributed by atoms with E-state index in [-0.39, 0.29) is 6.10 Å². The molecule has 3 aromatic rings. The molecule has 0 unspecified atom stereocenters. The first-order valence-corrected chi connectivity index (χ1v) is 7.93. The van der Waals surface area contributed by atoms with Crippen LogP contribution in [-0.4, -0.2) is 19.2 Å². The SMILES string of the molecule is Clc1ccc(OCc2cc3ccccc3o2)c(OC2CNC2)c1. The number of furan rings is 1. The maximum Gasteiger partial charge on any atom is 0.163 e. The highest BCUT2D eigenvalue weighted by atomic mass is 35.5. The average Bonchev–Trinajstić information content (AvgIpc) is 2.93. The largest absolute Gasteiger partial charge is 0.484 e. The number of para-hydroxylation sites is 1. The van der Waals surface area contributed by atoms with E-state index < -0.39 is 0 Å². The lowest BCUT2D eigenvalue weighted by atomic mass is 10.2. The molecule has 1 aromatic heterocycles. The molecule has 1 aliphatic heterocycles. The van der Waals surface area contributed by atoms with Gasteiger partial charge in [0.2, 0.25) is 0 Å². The van der Waals surface area contributed by atoms with Gasteiger partial charge in [0, 0.05) is 29.6 Å². The van der Waals surface area contributed by atoms with E-state index in [2.05, 4.69) is 5.32 Å². The summed E-state index contributed by atoms with van der Waals surface area (Å²) >= 11 is 6.06. The van der Waals surface area contributed by atoms with Gasteiger partial charge in [0.05, 0.1) is 0 Å². The Labute approximate surface area is 138 Å². The molecule has 1 aliphatic rings. The maximum absolute atomic E-state index is 6.06. The Morgan fingerprint density at radius 1 is 1.09 bits per heavy atom. The molecule has 0 atom stereocenters. The Morgan fingerprint density at radius 3 is 2.74 bits per heavy atom. The summed E-state index contributed by atoms with van der Waals surface area (Å²) in [6.07, 6.45) is 0.169. The van der Waals surface area contributed by atoms with Gasteiger partial charge in [-0.3, -0.25) is 0 Å². The fourth-order valence-corrected chi connectivity index (χ4v) is 2.64. The van der Waals surface area contributed by atoms with Crippen LogP contribution in [0.25, 0.3) is 11.0 Å². The summed E-state index contributed by atoms with van der Waals surface area (Å²) in [5.74, 6) is 2.11. The van der Waals surface area contributed by atoms with Crippen LogP contribution in [0.2, 0.25) is 5.02 Å². The van der Waals surface area contributed by atoms with E-state index in [1.54, 1.807) is 12.1 Å². The minimum Gasteiger partial charge on any atom is -0.484 e. The fraction of sp³-hybridized carbons (Fsp3) is 0.222. The molecule has 1 saturated heterocycles. The third-order valence-electron chi connectivity index (χ3n) is 3.79. The zero-order valence-corrected chi connectivity index (χ0v) is 13.2. The first kappa shape index (κ1) is 14.4. The summed E-state index contributed by atoms with van der Waals surface area (Å²) in [6, 6.07) is 15.3. The van der Waals surface area contributed by atoms with Gasteiger partial charge < -0.3 is 19.2 Å². The third kappa shape index (κ3) is 3.14. The van der Waals surface area contributed by atoms with Crippen molar-refractivity contribution in [3.63, 3.8) is 0 Å². The first-order valence-electron chi connectivity index (χ1n) is 7.55. The molecule has 0 radical (unpaired) electrons. The second kappa shape index (κ2) is 6.14. The Hall–Kier alpha value is -2.17. The molecule has 118 valence electrons. The van der Waals surface area contributed by atoms with Crippen LogP contribution in [0.5, 0.6) is 11.5 Å². The zero-order valence-electron chi connectivity index (χ0n) is 12.4. The number of hydrogen-bond acceptors (Lipinski definition) is 4. The highest BCUT2D eigenvalue weighted by molar-refractivity contribution is 6.30. The number of rotatable bonds is 5. The molecule has 2 aromatic carbocycles. The fourth-order valence-electron chi connectivity index (χ4n) is 2.48. The second-order valence-electron chi connectivity index (χ2n) is 5.53.